The second-order valence-corrected chi connectivity index (χ2v) is 6.29. The number of fused-ring (bicyclic) bond motifs is 1. The third-order valence-electron chi connectivity index (χ3n) is 4.41. The van der Waals surface area contributed by atoms with Gasteiger partial charge in [0, 0.05) is 23.7 Å². The molecule has 0 bridgehead atoms. The topological polar surface area (TPSA) is 47.6 Å². The second-order valence-electron chi connectivity index (χ2n) is 6.29. The Bertz CT molecular complexity index is 810. The van der Waals surface area contributed by atoms with E-state index in [4.69, 9.17) is 9.47 Å². The van der Waals surface area contributed by atoms with Crippen LogP contribution in [0.4, 0.5) is 14.5 Å². The molecule has 1 heterocycles. The van der Waals surface area contributed by atoms with Crippen molar-refractivity contribution in [3.05, 3.63) is 59.2 Å². The molecular weight excluding hydrogens is 340 g/mol. The van der Waals surface area contributed by atoms with Crippen LogP contribution in [0.15, 0.2) is 36.4 Å². The standard InChI is InChI=1S/C20H21F2NO3/c1-3-12(2)26-18-9-10-25-19-14(18)5-4-6-15(19)20(24)23-13-7-8-16(21)17(22)11-13/h4-8,11-12,18H,3,9-10H2,1-2H3,(H,23,24)/t12-,18?/m1/s1. The quantitative estimate of drug-likeness (QED) is 0.828. The normalized spacial score (nSPS) is 17.2. The van der Waals surface area contributed by atoms with Gasteiger partial charge in [-0.1, -0.05) is 19.1 Å². The van der Waals surface area contributed by atoms with Crippen molar-refractivity contribution in [2.75, 3.05) is 11.9 Å². The predicted molar refractivity (Wildman–Crippen MR) is 94.4 cm³/mol. The van der Waals surface area contributed by atoms with Gasteiger partial charge in [-0.3, -0.25) is 4.79 Å². The fourth-order valence-corrected chi connectivity index (χ4v) is 2.86. The highest BCUT2D eigenvalue weighted by Crippen LogP contribution is 2.38. The van der Waals surface area contributed by atoms with E-state index in [1.54, 1.807) is 12.1 Å². The number of amides is 1. The van der Waals surface area contributed by atoms with Crippen molar-refractivity contribution in [2.24, 2.45) is 0 Å². The summed E-state index contributed by atoms with van der Waals surface area (Å²) in [5.41, 5.74) is 1.34. The van der Waals surface area contributed by atoms with Gasteiger partial charge in [-0.15, -0.1) is 0 Å². The number of carbonyl (C=O) groups excluding carboxylic acids is 1. The molecule has 1 aliphatic rings. The number of nitrogens with one attached hydrogen (secondary N) is 1. The Kier molecular flexibility index (Phi) is 5.52. The molecule has 138 valence electrons. The summed E-state index contributed by atoms with van der Waals surface area (Å²) in [6.07, 6.45) is 1.57. The van der Waals surface area contributed by atoms with Crippen LogP contribution in [0.25, 0.3) is 0 Å². The molecule has 2 aromatic carbocycles. The number of para-hydroxylation sites is 1. The van der Waals surface area contributed by atoms with Gasteiger partial charge in [-0.25, -0.2) is 8.78 Å². The molecule has 1 aliphatic heterocycles. The molecular formula is C20H21F2NO3. The lowest BCUT2D eigenvalue weighted by Crippen LogP contribution is -2.23. The molecule has 0 aromatic heterocycles. The maximum Gasteiger partial charge on any atom is 0.259 e. The monoisotopic (exact) mass is 361 g/mol. The summed E-state index contributed by atoms with van der Waals surface area (Å²) >= 11 is 0. The van der Waals surface area contributed by atoms with Crippen molar-refractivity contribution in [3.63, 3.8) is 0 Å². The lowest BCUT2D eigenvalue weighted by atomic mass is 9.99. The van der Waals surface area contributed by atoms with E-state index in [2.05, 4.69) is 12.2 Å². The number of benzene rings is 2. The van der Waals surface area contributed by atoms with Gasteiger partial charge >= 0.3 is 0 Å². The predicted octanol–water partition coefficient (Wildman–Crippen LogP) is 4.86. The van der Waals surface area contributed by atoms with Crippen molar-refractivity contribution in [1.82, 2.24) is 0 Å². The molecule has 26 heavy (non-hydrogen) atoms. The highest BCUT2D eigenvalue weighted by atomic mass is 19.2. The summed E-state index contributed by atoms with van der Waals surface area (Å²) in [5.74, 6) is -1.95. The van der Waals surface area contributed by atoms with Crippen LogP contribution in [0.5, 0.6) is 5.75 Å². The van der Waals surface area contributed by atoms with Crippen molar-refractivity contribution >= 4 is 11.6 Å². The molecule has 0 radical (unpaired) electrons. The molecule has 6 heteroatoms. The van der Waals surface area contributed by atoms with Gasteiger partial charge in [-0.05, 0) is 31.5 Å². The number of anilines is 1. The Labute approximate surface area is 151 Å². The first kappa shape index (κ1) is 18.3. The van der Waals surface area contributed by atoms with Crippen LogP contribution >= 0.6 is 0 Å². The number of ether oxygens (including phenoxy) is 2. The highest BCUT2D eigenvalue weighted by molar-refractivity contribution is 6.06. The summed E-state index contributed by atoms with van der Waals surface area (Å²) in [7, 11) is 0. The first-order valence-electron chi connectivity index (χ1n) is 8.67. The molecule has 2 atom stereocenters. The smallest absolute Gasteiger partial charge is 0.259 e. The summed E-state index contributed by atoms with van der Waals surface area (Å²) in [4.78, 5) is 12.6. The molecule has 2 aromatic rings. The molecule has 1 unspecified atom stereocenters. The molecule has 0 fully saturated rings. The lowest BCUT2D eigenvalue weighted by Gasteiger charge is -2.29. The van der Waals surface area contributed by atoms with Gasteiger partial charge in [0.05, 0.1) is 24.4 Å². The molecule has 0 saturated heterocycles. The average Bonchev–Trinajstić information content (AvgIpc) is 2.64. The minimum absolute atomic E-state index is 0.102. The summed E-state index contributed by atoms with van der Waals surface area (Å²) in [6.45, 7) is 4.51. The van der Waals surface area contributed by atoms with Gasteiger partial charge in [-0.2, -0.15) is 0 Å². The Balaban J connectivity index is 1.85. The SMILES string of the molecule is CC[C@@H](C)OC1CCOc2c(C(=O)Nc3ccc(F)c(F)c3)cccc21. The summed E-state index contributed by atoms with van der Waals surface area (Å²) in [5, 5.41) is 2.58. The number of carbonyl (C=O) groups is 1. The minimum atomic E-state index is -1.02. The van der Waals surface area contributed by atoms with Gasteiger partial charge in [0.25, 0.3) is 5.91 Å². The van der Waals surface area contributed by atoms with Crippen LogP contribution in [-0.4, -0.2) is 18.6 Å². The van der Waals surface area contributed by atoms with E-state index in [1.807, 2.05) is 13.0 Å². The van der Waals surface area contributed by atoms with Crippen molar-refractivity contribution in [1.29, 1.82) is 0 Å². The maximum atomic E-state index is 13.3. The van der Waals surface area contributed by atoms with E-state index in [0.29, 0.717) is 24.3 Å². The van der Waals surface area contributed by atoms with Gasteiger partial charge in [0.15, 0.2) is 11.6 Å². The van der Waals surface area contributed by atoms with E-state index in [9.17, 15) is 13.6 Å². The number of halogens is 2. The highest BCUT2D eigenvalue weighted by Gasteiger charge is 2.27. The third kappa shape index (κ3) is 3.85. The lowest BCUT2D eigenvalue weighted by molar-refractivity contribution is -0.0250. The maximum absolute atomic E-state index is 13.3. The molecule has 0 aliphatic carbocycles. The minimum Gasteiger partial charge on any atom is -0.492 e. The largest absolute Gasteiger partial charge is 0.492 e. The zero-order valence-corrected chi connectivity index (χ0v) is 14.7. The number of hydrogen-bond acceptors (Lipinski definition) is 3. The molecule has 0 saturated carbocycles. The average molecular weight is 361 g/mol. The van der Waals surface area contributed by atoms with Gasteiger partial charge in [0.2, 0.25) is 0 Å². The van der Waals surface area contributed by atoms with Crippen molar-refractivity contribution in [2.45, 2.75) is 38.9 Å². The fourth-order valence-electron chi connectivity index (χ4n) is 2.86. The zero-order chi connectivity index (χ0) is 18.7. The van der Waals surface area contributed by atoms with E-state index in [1.165, 1.54) is 6.07 Å². The van der Waals surface area contributed by atoms with Crippen LogP contribution in [0.1, 0.15) is 48.7 Å². The van der Waals surface area contributed by atoms with Crippen LogP contribution in [0.2, 0.25) is 0 Å². The van der Waals surface area contributed by atoms with Crippen LogP contribution < -0.4 is 10.1 Å². The van der Waals surface area contributed by atoms with E-state index >= 15 is 0 Å². The molecule has 1 amide bonds. The van der Waals surface area contributed by atoms with Crippen LogP contribution in [0, 0.1) is 11.6 Å². The Morgan fingerprint density at radius 2 is 2.12 bits per heavy atom. The Morgan fingerprint density at radius 3 is 2.85 bits per heavy atom. The van der Waals surface area contributed by atoms with Crippen LogP contribution in [0.3, 0.4) is 0 Å². The zero-order valence-electron chi connectivity index (χ0n) is 14.7. The third-order valence-corrected chi connectivity index (χ3v) is 4.41. The molecule has 1 N–H and O–H groups in total. The van der Waals surface area contributed by atoms with E-state index in [-0.39, 0.29) is 17.9 Å². The van der Waals surface area contributed by atoms with Crippen molar-refractivity contribution in [3.8, 4) is 5.75 Å². The molecule has 0 spiro atoms. The molecule has 4 nitrogen and oxygen atoms in total. The number of hydrogen-bond donors (Lipinski definition) is 1. The Hall–Kier alpha value is -2.47. The van der Waals surface area contributed by atoms with E-state index < -0.39 is 17.5 Å². The first-order chi connectivity index (χ1) is 12.5. The number of rotatable bonds is 5. The fraction of sp³-hybridized carbons (Fsp3) is 0.350. The molecule has 3 rings (SSSR count). The van der Waals surface area contributed by atoms with Crippen LogP contribution in [-0.2, 0) is 4.74 Å². The first-order valence-corrected chi connectivity index (χ1v) is 8.67. The summed E-state index contributed by atoms with van der Waals surface area (Å²) < 4.78 is 38.2. The van der Waals surface area contributed by atoms with Gasteiger partial charge in [0.1, 0.15) is 5.75 Å². The summed E-state index contributed by atoms with van der Waals surface area (Å²) in [6, 6.07) is 8.51. The second kappa shape index (κ2) is 7.83. The Morgan fingerprint density at radius 1 is 1.31 bits per heavy atom. The van der Waals surface area contributed by atoms with E-state index in [0.717, 1.165) is 24.1 Å². The van der Waals surface area contributed by atoms with Gasteiger partial charge < -0.3 is 14.8 Å². The van der Waals surface area contributed by atoms with Crippen molar-refractivity contribution < 1.29 is 23.0 Å².